The number of unbranched alkanes of at least 4 members (excludes halogenated alkanes) is 1. The van der Waals surface area contributed by atoms with E-state index < -0.39 is 0 Å². The Balaban J connectivity index is 1.63. The van der Waals surface area contributed by atoms with E-state index in [1.54, 1.807) is 0 Å². The Kier molecular flexibility index (Phi) is 2.77. The van der Waals surface area contributed by atoms with E-state index in [0.29, 0.717) is 5.92 Å². The molecule has 2 fully saturated rings. The highest BCUT2D eigenvalue weighted by Crippen LogP contribution is 2.57. The average molecular weight is 191 g/mol. The molecule has 1 amide bonds. The second-order valence-corrected chi connectivity index (χ2v) is 4.38. The summed E-state index contributed by atoms with van der Waals surface area (Å²) in [5.41, 5.74) is 0. The van der Waals surface area contributed by atoms with E-state index in [2.05, 4.69) is 11.2 Å². The Labute approximate surface area is 85.5 Å². The van der Waals surface area contributed by atoms with Crippen molar-refractivity contribution in [3.8, 4) is 12.3 Å². The number of amides is 1. The lowest BCUT2D eigenvalue weighted by Crippen LogP contribution is -2.27. The van der Waals surface area contributed by atoms with Gasteiger partial charge in [0.25, 0.3) is 0 Å². The van der Waals surface area contributed by atoms with Crippen molar-refractivity contribution < 1.29 is 4.79 Å². The van der Waals surface area contributed by atoms with E-state index in [0.717, 1.165) is 31.2 Å². The molecule has 1 N–H and O–H groups in total. The van der Waals surface area contributed by atoms with Crippen molar-refractivity contribution in [2.45, 2.75) is 32.1 Å². The standard InChI is InChI=1S/C12H17NO/c1-2-3-4-8-13-12(14)11-9-6-5-7-10(9)11/h1,9-11H,3-8H2,(H,13,14). The summed E-state index contributed by atoms with van der Waals surface area (Å²) in [5, 5.41) is 2.97. The summed E-state index contributed by atoms with van der Waals surface area (Å²) >= 11 is 0. The van der Waals surface area contributed by atoms with Crippen LogP contribution in [0.5, 0.6) is 0 Å². The summed E-state index contributed by atoms with van der Waals surface area (Å²) in [6.07, 6.45) is 10.7. The molecule has 2 atom stereocenters. The zero-order valence-electron chi connectivity index (χ0n) is 8.46. The number of rotatable bonds is 4. The highest BCUT2D eigenvalue weighted by molar-refractivity contribution is 5.82. The van der Waals surface area contributed by atoms with Gasteiger partial charge in [0.15, 0.2) is 0 Å². The monoisotopic (exact) mass is 191 g/mol. The predicted octanol–water partition coefficient (Wildman–Crippen LogP) is 1.56. The molecule has 76 valence electrons. The van der Waals surface area contributed by atoms with E-state index in [1.165, 1.54) is 19.3 Å². The van der Waals surface area contributed by atoms with Gasteiger partial charge in [-0.2, -0.15) is 0 Å². The van der Waals surface area contributed by atoms with Crippen molar-refractivity contribution in [3.63, 3.8) is 0 Å². The Morgan fingerprint density at radius 3 is 2.79 bits per heavy atom. The van der Waals surface area contributed by atoms with E-state index in [1.807, 2.05) is 0 Å². The zero-order valence-corrected chi connectivity index (χ0v) is 8.46. The van der Waals surface area contributed by atoms with Gasteiger partial charge < -0.3 is 5.32 Å². The molecule has 14 heavy (non-hydrogen) atoms. The molecule has 2 aliphatic carbocycles. The summed E-state index contributed by atoms with van der Waals surface area (Å²) in [4.78, 5) is 11.6. The van der Waals surface area contributed by atoms with Gasteiger partial charge in [-0.15, -0.1) is 12.3 Å². The van der Waals surface area contributed by atoms with Crippen molar-refractivity contribution in [3.05, 3.63) is 0 Å². The van der Waals surface area contributed by atoms with Crippen LogP contribution < -0.4 is 5.32 Å². The molecule has 2 saturated carbocycles. The van der Waals surface area contributed by atoms with E-state index in [9.17, 15) is 4.79 Å². The molecule has 0 saturated heterocycles. The number of terminal acetylenes is 1. The highest BCUT2D eigenvalue weighted by Gasteiger charge is 2.56. The minimum Gasteiger partial charge on any atom is -0.356 e. The fourth-order valence-electron chi connectivity index (χ4n) is 2.73. The lowest BCUT2D eigenvalue weighted by molar-refractivity contribution is -0.123. The molecule has 0 radical (unpaired) electrons. The van der Waals surface area contributed by atoms with Gasteiger partial charge in [-0.25, -0.2) is 0 Å². The molecular formula is C12H17NO. The zero-order chi connectivity index (χ0) is 9.97. The van der Waals surface area contributed by atoms with Crippen LogP contribution >= 0.6 is 0 Å². The highest BCUT2D eigenvalue weighted by atomic mass is 16.2. The third-order valence-corrected chi connectivity index (χ3v) is 3.51. The van der Waals surface area contributed by atoms with Crippen LogP contribution in [0.3, 0.4) is 0 Å². The van der Waals surface area contributed by atoms with Gasteiger partial charge in [0.1, 0.15) is 0 Å². The topological polar surface area (TPSA) is 29.1 Å². The third kappa shape index (κ3) is 1.77. The minimum atomic E-state index is 0.275. The normalized spacial score (nSPS) is 33.2. The van der Waals surface area contributed by atoms with Gasteiger partial charge in [0.05, 0.1) is 0 Å². The molecule has 2 aliphatic rings. The molecule has 0 aromatic carbocycles. The molecule has 0 aromatic heterocycles. The first-order valence-corrected chi connectivity index (χ1v) is 5.56. The molecule has 0 aromatic rings. The van der Waals surface area contributed by atoms with Gasteiger partial charge >= 0.3 is 0 Å². The second-order valence-electron chi connectivity index (χ2n) is 4.38. The van der Waals surface area contributed by atoms with Crippen LogP contribution in [0.1, 0.15) is 32.1 Å². The van der Waals surface area contributed by atoms with E-state index in [-0.39, 0.29) is 5.91 Å². The minimum absolute atomic E-state index is 0.275. The van der Waals surface area contributed by atoms with Crippen LogP contribution in [0.4, 0.5) is 0 Å². The first-order valence-electron chi connectivity index (χ1n) is 5.56. The Morgan fingerprint density at radius 1 is 1.43 bits per heavy atom. The first kappa shape index (κ1) is 9.58. The molecule has 0 spiro atoms. The lowest BCUT2D eigenvalue weighted by atomic mass is 10.1. The molecular weight excluding hydrogens is 174 g/mol. The molecule has 0 heterocycles. The predicted molar refractivity (Wildman–Crippen MR) is 55.4 cm³/mol. The lowest BCUT2D eigenvalue weighted by Gasteiger charge is -2.04. The maximum Gasteiger partial charge on any atom is 0.223 e. The van der Waals surface area contributed by atoms with Crippen molar-refractivity contribution >= 4 is 5.91 Å². The quantitative estimate of drug-likeness (QED) is 0.530. The van der Waals surface area contributed by atoms with Gasteiger partial charge in [0.2, 0.25) is 5.91 Å². The van der Waals surface area contributed by atoms with Crippen molar-refractivity contribution in [1.29, 1.82) is 0 Å². The summed E-state index contributed by atoms with van der Waals surface area (Å²) < 4.78 is 0. The SMILES string of the molecule is C#CCCCNC(=O)C1C2CCCC21. The van der Waals surface area contributed by atoms with Crippen molar-refractivity contribution in [1.82, 2.24) is 5.32 Å². The summed E-state index contributed by atoms with van der Waals surface area (Å²) in [5.74, 6) is 4.66. The number of carbonyl (C=O) groups is 1. The van der Waals surface area contributed by atoms with Crippen molar-refractivity contribution in [2.75, 3.05) is 6.54 Å². The van der Waals surface area contributed by atoms with Gasteiger partial charge in [-0.05, 0) is 31.1 Å². The number of nitrogens with one attached hydrogen (secondary N) is 1. The maximum atomic E-state index is 11.6. The average Bonchev–Trinajstić information content (AvgIpc) is 2.67. The van der Waals surface area contributed by atoms with Gasteiger partial charge in [-0.1, -0.05) is 6.42 Å². The third-order valence-electron chi connectivity index (χ3n) is 3.51. The van der Waals surface area contributed by atoms with Crippen molar-refractivity contribution in [2.24, 2.45) is 17.8 Å². The number of carbonyl (C=O) groups excluding carboxylic acids is 1. The van der Waals surface area contributed by atoms with E-state index in [4.69, 9.17) is 6.42 Å². The smallest absolute Gasteiger partial charge is 0.223 e. The fraction of sp³-hybridized carbons (Fsp3) is 0.750. The molecule has 2 nitrogen and oxygen atoms in total. The summed E-state index contributed by atoms with van der Waals surface area (Å²) in [7, 11) is 0. The summed E-state index contributed by atoms with van der Waals surface area (Å²) in [6.45, 7) is 0.749. The number of hydrogen-bond donors (Lipinski definition) is 1. The second kappa shape index (κ2) is 4.04. The van der Waals surface area contributed by atoms with Crippen LogP contribution in [0, 0.1) is 30.1 Å². The van der Waals surface area contributed by atoms with Crippen LogP contribution in [-0.4, -0.2) is 12.5 Å². The number of hydrogen-bond acceptors (Lipinski definition) is 1. The molecule has 0 aliphatic heterocycles. The first-order chi connectivity index (χ1) is 6.84. The summed E-state index contributed by atoms with van der Waals surface area (Å²) in [6, 6.07) is 0. The molecule has 2 heteroatoms. The van der Waals surface area contributed by atoms with Crippen LogP contribution in [-0.2, 0) is 4.79 Å². The molecule has 0 bridgehead atoms. The van der Waals surface area contributed by atoms with Crippen LogP contribution in [0.15, 0.2) is 0 Å². The molecule has 2 rings (SSSR count). The molecule has 2 unspecified atom stereocenters. The Morgan fingerprint density at radius 2 is 2.14 bits per heavy atom. The van der Waals surface area contributed by atoms with Crippen LogP contribution in [0.25, 0.3) is 0 Å². The van der Waals surface area contributed by atoms with E-state index >= 15 is 0 Å². The fourth-order valence-corrected chi connectivity index (χ4v) is 2.73. The largest absolute Gasteiger partial charge is 0.356 e. The number of fused-ring (bicyclic) bond motifs is 1. The van der Waals surface area contributed by atoms with Crippen LogP contribution in [0.2, 0.25) is 0 Å². The van der Waals surface area contributed by atoms with Gasteiger partial charge in [-0.3, -0.25) is 4.79 Å². The maximum absolute atomic E-state index is 11.6. The Bertz CT molecular complexity index is 256. The van der Waals surface area contributed by atoms with Gasteiger partial charge in [0, 0.05) is 18.9 Å². The Hall–Kier alpha value is -0.970.